The average Bonchev–Trinajstić information content (AvgIpc) is 3.21. The monoisotopic (exact) mass is 403 g/mol. The smallest absolute Gasteiger partial charge is 0.315 e. The molecule has 8 heteroatoms. The van der Waals surface area contributed by atoms with Crippen molar-refractivity contribution in [3.8, 4) is 11.5 Å². The second-order valence-electron chi connectivity index (χ2n) is 6.83. The predicted molar refractivity (Wildman–Crippen MR) is 101 cm³/mol. The van der Waals surface area contributed by atoms with Crippen molar-refractivity contribution in [1.29, 1.82) is 0 Å². The van der Waals surface area contributed by atoms with E-state index in [1.165, 1.54) is 12.1 Å². The van der Waals surface area contributed by atoms with Gasteiger partial charge in [-0.25, -0.2) is 8.42 Å². The van der Waals surface area contributed by atoms with E-state index in [0.717, 1.165) is 0 Å². The number of sulfone groups is 1. The highest BCUT2D eigenvalue weighted by atomic mass is 32.2. The fraction of sp³-hybridized carbons (Fsp3) is 0.350. The number of benzene rings is 2. The second kappa shape index (κ2) is 6.79. The zero-order valence-corrected chi connectivity index (χ0v) is 16.1. The standard InChI is InChI=1S/C20H21NO6S/c1-2-25-19(22)20(11-21)17(13-8-9-15-16(10-13)27-12-26-15)18(20)28(23,24)14-6-4-3-5-7-14/h3-10,17-18H,2,11-12,21H2,1H3/t17-,18+,20+/m0/s1. The zero-order valence-electron chi connectivity index (χ0n) is 15.3. The van der Waals surface area contributed by atoms with E-state index in [2.05, 4.69) is 0 Å². The van der Waals surface area contributed by atoms with Crippen LogP contribution >= 0.6 is 0 Å². The van der Waals surface area contributed by atoms with Gasteiger partial charge in [0, 0.05) is 12.5 Å². The molecule has 148 valence electrons. The van der Waals surface area contributed by atoms with E-state index in [1.807, 2.05) is 0 Å². The van der Waals surface area contributed by atoms with Crippen LogP contribution in [-0.4, -0.2) is 39.6 Å². The number of carbonyl (C=O) groups is 1. The highest BCUT2D eigenvalue weighted by Gasteiger charge is 2.75. The van der Waals surface area contributed by atoms with Crippen molar-refractivity contribution in [2.75, 3.05) is 19.9 Å². The van der Waals surface area contributed by atoms with Gasteiger partial charge in [0.15, 0.2) is 21.3 Å². The largest absolute Gasteiger partial charge is 0.465 e. The molecule has 3 atom stereocenters. The Morgan fingerprint density at radius 1 is 1.18 bits per heavy atom. The number of rotatable bonds is 6. The molecule has 2 N–H and O–H groups in total. The molecule has 2 aliphatic rings. The molecule has 1 aliphatic heterocycles. The molecule has 0 radical (unpaired) electrons. The molecule has 0 saturated heterocycles. The number of ether oxygens (including phenoxy) is 3. The Labute approximate surface area is 163 Å². The summed E-state index contributed by atoms with van der Waals surface area (Å²) in [5, 5.41) is -1.01. The third kappa shape index (κ3) is 2.67. The molecule has 1 fully saturated rings. The summed E-state index contributed by atoms with van der Waals surface area (Å²) >= 11 is 0. The van der Waals surface area contributed by atoms with Gasteiger partial charge in [0.05, 0.1) is 16.8 Å². The third-order valence-corrected chi connectivity index (χ3v) is 7.70. The number of esters is 1. The molecule has 7 nitrogen and oxygen atoms in total. The normalized spacial score (nSPS) is 25.4. The zero-order chi connectivity index (χ0) is 19.9. The van der Waals surface area contributed by atoms with Crippen LogP contribution in [0, 0.1) is 5.41 Å². The molecule has 1 heterocycles. The average molecular weight is 403 g/mol. The van der Waals surface area contributed by atoms with Crippen LogP contribution in [0.4, 0.5) is 0 Å². The first kappa shape index (κ1) is 18.8. The lowest BCUT2D eigenvalue weighted by molar-refractivity contribution is -0.149. The van der Waals surface area contributed by atoms with Crippen molar-refractivity contribution in [1.82, 2.24) is 0 Å². The van der Waals surface area contributed by atoms with Gasteiger partial charge in [-0.05, 0) is 36.8 Å². The second-order valence-corrected chi connectivity index (χ2v) is 8.90. The van der Waals surface area contributed by atoms with Crippen LogP contribution in [0.5, 0.6) is 11.5 Å². The molecule has 0 spiro atoms. The van der Waals surface area contributed by atoms with Crippen LogP contribution in [0.3, 0.4) is 0 Å². The first-order valence-corrected chi connectivity index (χ1v) is 10.6. The van der Waals surface area contributed by atoms with Crippen LogP contribution in [0.15, 0.2) is 53.4 Å². The molecule has 2 aromatic carbocycles. The third-order valence-electron chi connectivity index (χ3n) is 5.41. The molecular weight excluding hydrogens is 382 g/mol. The number of nitrogens with two attached hydrogens (primary N) is 1. The van der Waals surface area contributed by atoms with Crippen molar-refractivity contribution in [3.63, 3.8) is 0 Å². The summed E-state index contributed by atoms with van der Waals surface area (Å²) < 4.78 is 42.7. The minimum absolute atomic E-state index is 0.106. The maximum absolute atomic E-state index is 13.4. The van der Waals surface area contributed by atoms with Crippen molar-refractivity contribution in [3.05, 3.63) is 54.1 Å². The van der Waals surface area contributed by atoms with Gasteiger partial charge >= 0.3 is 5.97 Å². The molecule has 0 unspecified atom stereocenters. The summed E-state index contributed by atoms with van der Waals surface area (Å²) in [4.78, 5) is 13.0. The SMILES string of the molecule is CCOC(=O)[C@@]1(CN)[C@H](S(=O)(=O)c2ccccc2)[C@@H]1c1ccc2c(c1)OCO2. The van der Waals surface area contributed by atoms with E-state index in [-0.39, 0.29) is 24.8 Å². The lowest BCUT2D eigenvalue weighted by atomic mass is 9.99. The molecule has 1 aliphatic carbocycles. The Bertz CT molecular complexity index is 1010. The first-order valence-electron chi connectivity index (χ1n) is 9.02. The van der Waals surface area contributed by atoms with Gasteiger partial charge in [0.1, 0.15) is 5.41 Å². The minimum Gasteiger partial charge on any atom is -0.465 e. The minimum atomic E-state index is -3.81. The molecular formula is C20H21NO6S. The quantitative estimate of drug-likeness (QED) is 0.734. The fourth-order valence-electron chi connectivity index (χ4n) is 4.03. The molecule has 4 rings (SSSR count). The number of carbonyl (C=O) groups excluding carboxylic acids is 1. The predicted octanol–water partition coefficient (Wildman–Crippen LogP) is 1.86. The molecule has 28 heavy (non-hydrogen) atoms. The summed E-state index contributed by atoms with van der Waals surface area (Å²) in [5.41, 5.74) is 5.31. The van der Waals surface area contributed by atoms with E-state index in [4.69, 9.17) is 19.9 Å². The summed E-state index contributed by atoms with van der Waals surface area (Å²) in [5.74, 6) is -0.114. The van der Waals surface area contributed by atoms with Gasteiger partial charge < -0.3 is 19.9 Å². The summed E-state index contributed by atoms with van der Waals surface area (Å²) in [7, 11) is -3.81. The summed E-state index contributed by atoms with van der Waals surface area (Å²) in [6.07, 6.45) is 0. The van der Waals surface area contributed by atoms with Crippen LogP contribution in [-0.2, 0) is 19.4 Å². The van der Waals surface area contributed by atoms with Crippen LogP contribution in [0.25, 0.3) is 0 Å². The van der Waals surface area contributed by atoms with Crippen molar-refractivity contribution >= 4 is 15.8 Å². The Morgan fingerprint density at radius 3 is 2.57 bits per heavy atom. The Morgan fingerprint density at radius 2 is 1.89 bits per heavy atom. The van der Waals surface area contributed by atoms with Crippen molar-refractivity contribution in [2.24, 2.45) is 11.1 Å². The topological polar surface area (TPSA) is 105 Å². The molecule has 0 amide bonds. The fourth-order valence-corrected chi connectivity index (χ4v) is 6.43. The van der Waals surface area contributed by atoms with E-state index >= 15 is 0 Å². The maximum atomic E-state index is 13.4. The van der Waals surface area contributed by atoms with Crippen LogP contribution < -0.4 is 15.2 Å². The van der Waals surface area contributed by atoms with Crippen molar-refractivity contribution in [2.45, 2.75) is 23.0 Å². The van der Waals surface area contributed by atoms with Gasteiger partial charge in [-0.1, -0.05) is 24.3 Å². The number of fused-ring (bicyclic) bond motifs is 1. The highest BCUT2D eigenvalue weighted by molar-refractivity contribution is 7.92. The van der Waals surface area contributed by atoms with Gasteiger partial charge in [0.2, 0.25) is 6.79 Å². The first-order chi connectivity index (χ1) is 13.5. The van der Waals surface area contributed by atoms with Crippen LogP contribution in [0.1, 0.15) is 18.4 Å². The molecule has 1 saturated carbocycles. The molecule has 0 bridgehead atoms. The van der Waals surface area contributed by atoms with Gasteiger partial charge in [-0.3, -0.25) is 4.79 Å². The number of hydrogen-bond acceptors (Lipinski definition) is 7. The Balaban J connectivity index is 1.81. The summed E-state index contributed by atoms with van der Waals surface area (Å²) in [6.45, 7) is 1.80. The van der Waals surface area contributed by atoms with Gasteiger partial charge in [0.25, 0.3) is 0 Å². The van der Waals surface area contributed by atoms with E-state index < -0.39 is 32.4 Å². The lowest BCUT2D eigenvalue weighted by Crippen LogP contribution is -2.33. The van der Waals surface area contributed by atoms with E-state index in [1.54, 1.807) is 43.3 Å². The van der Waals surface area contributed by atoms with Gasteiger partial charge in [-0.15, -0.1) is 0 Å². The maximum Gasteiger partial charge on any atom is 0.315 e. The van der Waals surface area contributed by atoms with E-state index in [9.17, 15) is 13.2 Å². The number of hydrogen-bond donors (Lipinski definition) is 1. The Hall–Kier alpha value is -2.58. The summed E-state index contributed by atoms with van der Waals surface area (Å²) in [6, 6.07) is 13.3. The van der Waals surface area contributed by atoms with Gasteiger partial charge in [-0.2, -0.15) is 0 Å². The van der Waals surface area contributed by atoms with Crippen LogP contribution in [0.2, 0.25) is 0 Å². The lowest BCUT2D eigenvalue weighted by Gasteiger charge is -2.14. The van der Waals surface area contributed by atoms with E-state index in [0.29, 0.717) is 17.1 Å². The Kier molecular flexibility index (Phi) is 4.55. The molecule has 2 aromatic rings. The van der Waals surface area contributed by atoms with Crippen molar-refractivity contribution < 1.29 is 27.4 Å². The molecule has 0 aromatic heterocycles. The highest BCUT2D eigenvalue weighted by Crippen LogP contribution is 2.64.